The molecule has 1 rings (SSSR count). The van der Waals surface area contributed by atoms with E-state index in [1.165, 1.54) is 31.2 Å². The van der Waals surface area contributed by atoms with Gasteiger partial charge < -0.3 is 15.8 Å². The normalized spacial score (nSPS) is 11.6. The van der Waals surface area contributed by atoms with Gasteiger partial charge in [-0.05, 0) is 31.2 Å². The van der Waals surface area contributed by atoms with Crippen LogP contribution in [0.1, 0.15) is 6.92 Å². The first-order valence-corrected chi connectivity index (χ1v) is 4.51. The number of rotatable bonds is 3. The van der Waals surface area contributed by atoms with Gasteiger partial charge in [-0.1, -0.05) is 0 Å². The average molecular weight is 226 g/mol. The number of nitrogens with one attached hydrogen (secondary N) is 1. The maximum Gasteiger partial charge on any atom is 0.405 e. The number of ether oxygens (including phenoxy) is 1. The van der Waals surface area contributed by atoms with Crippen molar-refractivity contribution in [3.63, 3.8) is 0 Å². The summed E-state index contributed by atoms with van der Waals surface area (Å²) in [6, 6.07) is 5.19. The van der Waals surface area contributed by atoms with Gasteiger partial charge in [-0.15, -0.1) is 0 Å². The van der Waals surface area contributed by atoms with Crippen molar-refractivity contribution in [3.8, 4) is 0 Å². The minimum Gasteiger partial charge on any atom is -0.437 e. The Kier molecular flexibility index (Phi) is 3.82. The fourth-order valence-electron chi connectivity index (χ4n) is 1.00. The highest BCUT2D eigenvalue weighted by Crippen LogP contribution is 2.09. The molecule has 1 aromatic carbocycles. The van der Waals surface area contributed by atoms with Gasteiger partial charge in [0.25, 0.3) is 5.91 Å². The van der Waals surface area contributed by atoms with Gasteiger partial charge in [0.15, 0.2) is 6.10 Å². The van der Waals surface area contributed by atoms with E-state index in [0.717, 1.165) is 0 Å². The first-order valence-electron chi connectivity index (χ1n) is 4.51. The van der Waals surface area contributed by atoms with Crippen LogP contribution in [0.15, 0.2) is 24.3 Å². The van der Waals surface area contributed by atoms with Gasteiger partial charge in [0.1, 0.15) is 5.82 Å². The van der Waals surface area contributed by atoms with E-state index in [1.807, 2.05) is 0 Å². The van der Waals surface area contributed by atoms with Crippen LogP contribution in [0.4, 0.5) is 14.9 Å². The van der Waals surface area contributed by atoms with Crippen molar-refractivity contribution < 1.29 is 18.7 Å². The SMILES string of the molecule is CC(OC(N)=O)C(=O)Nc1ccc(F)cc1. The van der Waals surface area contributed by atoms with E-state index in [2.05, 4.69) is 10.1 Å². The smallest absolute Gasteiger partial charge is 0.405 e. The Hall–Kier alpha value is -2.11. The molecule has 0 aromatic heterocycles. The molecule has 0 aliphatic heterocycles. The summed E-state index contributed by atoms with van der Waals surface area (Å²) >= 11 is 0. The molecule has 0 aliphatic carbocycles. The van der Waals surface area contributed by atoms with Gasteiger partial charge in [0, 0.05) is 5.69 Å². The molecule has 6 heteroatoms. The predicted molar refractivity (Wildman–Crippen MR) is 55.2 cm³/mol. The topological polar surface area (TPSA) is 81.4 Å². The molecule has 0 fully saturated rings. The van der Waals surface area contributed by atoms with E-state index in [1.54, 1.807) is 0 Å². The Morgan fingerprint density at radius 2 is 1.94 bits per heavy atom. The maximum atomic E-state index is 12.6. The van der Waals surface area contributed by atoms with Crippen LogP contribution in [0.3, 0.4) is 0 Å². The third-order valence-electron chi connectivity index (χ3n) is 1.77. The first-order chi connectivity index (χ1) is 7.49. The summed E-state index contributed by atoms with van der Waals surface area (Å²) in [7, 11) is 0. The molecule has 0 saturated heterocycles. The minimum absolute atomic E-state index is 0.403. The van der Waals surface area contributed by atoms with E-state index < -0.39 is 23.9 Å². The Bertz CT molecular complexity index is 392. The number of carbonyl (C=O) groups is 2. The zero-order valence-electron chi connectivity index (χ0n) is 8.57. The summed E-state index contributed by atoms with van der Waals surface area (Å²) in [4.78, 5) is 21.8. The van der Waals surface area contributed by atoms with Gasteiger partial charge in [-0.25, -0.2) is 9.18 Å². The van der Waals surface area contributed by atoms with Crippen molar-refractivity contribution in [1.82, 2.24) is 0 Å². The van der Waals surface area contributed by atoms with E-state index in [9.17, 15) is 14.0 Å². The highest BCUT2D eigenvalue weighted by atomic mass is 19.1. The summed E-state index contributed by atoms with van der Waals surface area (Å²) in [5.74, 6) is -0.940. The molecule has 0 bridgehead atoms. The molecule has 1 aromatic rings. The van der Waals surface area contributed by atoms with Gasteiger partial charge >= 0.3 is 6.09 Å². The molecule has 86 valence electrons. The Balaban J connectivity index is 2.57. The van der Waals surface area contributed by atoms with Crippen LogP contribution < -0.4 is 11.1 Å². The largest absolute Gasteiger partial charge is 0.437 e. The lowest BCUT2D eigenvalue weighted by Crippen LogP contribution is -2.31. The number of hydrogen-bond acceptors (Lipinski definition) is 3. The third kappa shape index (κ3) is 3.56. The second kappa shape index (κ2) is 5.11. The zero-order valence-corrected chi connectivity index (χ0v) is 8.57. The molecule has 1 atom stereocenters. The Labute approximate surface area is 91.4 Å². The molecule has 0 saturated carbocycles. The molecular weight excluding hydrogens is 215 g/mol. The van der Waals surface area contributed by atoms with Gasteiger partial charge in [-0.3, -0.25) is 4.79 Å². The lowest BCUT2D eigenvalue weighted by molar-refractivity contribution is -0.123. The van der Waals surface area contributed by atoms with Crippen molar-refractivity contribution in [2.75, 3.05) is 5.32 Å². The van der Waals surface area contributed by atoms with Crippen LogP contribution in [0.5, 0.6) is 0 Å². The van der Waals surface area contributed by atoms with Gasteiger partial charge in [0.05, 0.1) is 0 Å². The summed E-state index contributed by atoms with van der Waals surface area (Å²) < 4.78 is 17.0. The average Bonchev–Trinajstić information content (AvgIpc) is 2.20. The third-order valence-corrected chi connectivity index (χ3v) is 1.77. The molecule has 0 spiro atoms. The van der Waals surface area contributed by atoms with Crippen molar-refractivity contribution in [3.05, 3.63) is 30.1 Å². The van der Waals surface area contributed by atoms with Crippen LogP contribution in [0, 0.1) is 5.82 Å². The minimum atomic E-state index is -1.03. The van der Waals surface area contributed by atoms with Crippen LogP contribution in [0.2, 0.25) is 0 Å². The molecule has 5 nitrogen and oxygen atoms in total. The number of hydrogen-bond donors (Lipinski definition) is 2. The maximum absolute atomic E-state index is 12.6. The predicted octanol–water partition coefficient (Wildman–Crippen LogP) is 1.25. The highest BCUT2D eigenvalue weighted by molar-refractivity contribution is 5.94. The molecule has 0 radical (unpaired) electrons. The second-order valence-corrected chi connectivity index (χ2v) is 3.08. The first kappa shape index (κ1) is 12.0. The fourth-order valence-corrected chi connectivity index (χ4v) is 1.00. The van der Waals surface area contributed by atoms with Crippen molar-refractivity contribution in [2.45, 2.75) is 13.0 Å². The summed E-state index contributed by atoms with van der Waals surface area (Å²) in [5.41, 5.74) is 5.16. The molecule has 1 unspecified atom stereocenters. The lowest BCUT2D eigenvalue weighted by atomic mass is 10.3. The van der Waals surface area contributed by atoms with Crippen LogP contribution >= 0.6 is 0 Å². The van der Waals surface area contributed by atoms with Crippen LogP contribution in [-0.2, 0) is 9.53 Å². The molecule has 3 N–H and O–H groups in total. The van der Waals surface area contributed by atoms with Crippen LogP contribution in [-0.4, -0.2) is 18.1 Å². The molecule has 2 amide bonds. The van der Waals surface area contributed by atoms with E-state index >= 15 is 0 Å². The Morgan fingerprint density at radius 3 is 2.44 bits per heavy atom. The summed E-state index contributed by atoms with van der Waals surface area (Å²) in [5, 5.41) is 2.44. The highest BCUT2D eigenvalue weighted by Gasteiger charge is 2.15. The number of nitrogens with two attached hydrogens (primary N) is 1. The van der Waals surface area contributed by atoms with Crippen LogP contribution in [0.25, 0.3) is 0 Å². The number of benzene rings is 1. The van der Waals surface area contributed by atoms with E-state index in [0.29, 0.717) is 5.69 Å². The van der Waals surface area contributed by atoms with Gasteiger partial charge in [0.2, 0.25) is 0 Å². The number of amides is 2. The lowest BCUT2D eigenvalue weighted by Gasteiger charge is -2.11. The van der Waals surface area contributed by atoms with Crippen molar-refractivity contribution >= 4 is 17.7 Å². The number of carbonyl (C=O) groups excluding carboxylic acids is 2. The van der Waals surface area contributed by atoms with E-state index in [4.69, 9.17) is 5.73 Å². The van der Waals surface area contributed by atoms with E-state index in [-0.39, 0.29) is 0 Å². The summed E-state index contributed by atoms with van der Waals surface area (Å²) in [6.07, 6.45) is -2.02. The monoisotopic (exact) mass is 226 g/mol. The molecule has 0 heterocycles. The fraction of sp³-hybridized carbons (Fsp3) is 0.200. The number of halogens is 1. The zero-order chi connectivity index (χ0) is 12.1. The molecule has 0 aliphatic rings. The van der Waals surface area contributed by atoms with Gasteiger partial charge in [-0.2, -0.15) is 0 Å². The second-order valence-electron chi connectivity index (χ2n) is 3.08. The summed E-state index contributed by atoms with van der Waals surface area (Å²) in [6.45, 7) is 1.38. The van der Waals surface area contributed by atoms with Crippen molar-refractivity contribution in [2.24, 2.45) is 5.73 Å². The van der Waals surface area contributed by atoms with Crippen molar-refractivity contribution in [1.29, 1.82) is 0 Å². The molecule has 16 heavy (non-hydrogen) atoms. The quantitative estimate of drug-likeness (QED) is 0.813. The number of anilines is 1. The number of primary amides is 1. The Morgan fingerprint density at radius 1 is 1.38 bits per heavy atom. The standard InChI is InChI=1S/C10H11FN2O3/c1-6(16-10(12)15)9(14)13-8-4-2-7(11)3-5-8/h2-6H,1H3,(H2,12,15)(H,13,14). The molecular formula is C10H11FN2O3.